The number of aromatic nitrogens is 2. The fourth-order valence-corrected chi connectivity index (χ4v) is 2.70. The van der Waals surface area contributed by atoms with Crippen LogP contribution in [0.2, 0.25) is 0 Å². The van der Waals surface area contributed by atoms with Crippen molar-refractivity contribution < 1.29 is 12.9 Å². The molecule has 7 nitrogen and oxygen atoms in total. The van der Waals surface area contributed by atoms with Crippen LogP contribution in [0.25, 0.3) is 0 Å². The van der Waals surface area contributed by atoms with E-state index in [1.807, 2.05) is 6.92 Å². The zero-order valence-corrected chi connectivity index (χ0v) is 12.1. The summed E-state index contributed by atoms with van der Waals surface area (Å²) in [5.74, 6) is 0.0767. The molecule has 0 saturated heterocycles. The molecule has 0 radical (unpaired) electrons. The van der Waals surface area contributed by atoms with E-state index in [4.69, 9.17) is 4.52 Å². The molecule has 20 heavy (non-hydrogen) atoms. The molecule has 0 aliphatic rings. The van der Waals surface area contributed by atoms with E-state index in [9.17, 15) is 8.42 Å². The maximum Gasteiger partial charge on any atom is 0.267 e. The lowest BCUT2D eigenvalue weighted by molar-refractivity contribution is 0.430. The van der Waals surface area contributed by atoms with Crippen molar-refractivity contribution >= 4 is 21.6 Å². The first-order chi connectivity index (χ1) is 9.53. The predicted molar refractivity (Wildman–Crippen MR) is 75.1 cm³/mol. The molecule has 0 aromatic carbocycles. The van der Waals surface area contributed by atoms with E-state index in [1.54, 1.807) is 13.0 Å². The number of hydrogen-bond donors (Lipinski definition) is 2. The van der Waals surface area contributed by atoms with Crippen molar-refractivity contribution in [3.05, 3.63) is 30.2 Å². The van der Waals surface area contributed by atoms with Crippen molar-refractivity contribution in [1.82, 2.24) is 10.1 Å². The lowest BCUT2D eigenvalue weighted by atomic mass is 10.4. The SMILES string of the molecule is CCCNc1ccncc1S(=O)(=O)Nc1cc(C)no1. The van der Waals surface area contributed by atoms with Crippen LogP contribution in [0.3, 0.4) is 0 Å². The van der Waals surface area contributed by atoms with Gasteiger partial charge < -0.3 is 9.84 Å². The van der Waals surface area contributed by atoms with Crippen LogP contribution < -0.4 is 10.0 Å². The van der Waals surface area contributed by atoms with Crippen LogP contribution >= 0.6 is 0 Å². The summed E-state index contributed by atoms with van der Waals surface area (Å²) in [7, 11) is -3.77. The number of nitrogens with zero attached hydrogens (tertiary/aromatic N) is 2. The third-order valence-electron chi connectivity index (χ3n) is 2.50. The van der Waals surface area contributed by atoms with Crippen LogP contribution in [-0.4, -0.2) is 25.1 Å². The molecular formula is C12H16N4O3S. The first-order valence-electron chi connectivity index (χ1n) is 6.17. The first kappa shape index (κ1) is 14.3. The molecule has 0 bridgehead atoms. The molecule has 0 amide bonds. The Hall–Kier alpha value is -2.09. The van der Waals surface area contributed by atoms with Gasteiger partial charge in [-0.25, -0.2) is 13.1 Å². The number of sulfonamides is 1. The van der Waals surface area contributed by atoms with Gasteiger partial charge in [0.1, 0.15) is 4.90 Å². The second kappa shape index (κ2) is 5.91. The molecule has 0 fully saturated rings. The third kappa shape index (κ3) is 3.27. The largest absolute Gasteiger partial charge is 0.384 e. The molecule has 2 aromatic heterocycles. The van der Waals surface area contributed by atoms with Crippen molar-refractivity contribution in [1.29, 1.82) is 0 Å². The van der Waals surface area contributed by atoms with Gasteiger partial charge in [0, 0.05) is 25.0 Å². The summed E-state index contributed by atoms with van der Waals surface area (Å²) < 4.78 is 31.8. The molecule has 2 rings (SSSR count). The Morgan fingerprint density at radius 2 is 2.20 bits per heavy atom. The molecule has 0 saturated carbocycles. The van der Waals surface area contributed by atoms with Gasteiger partial charge in [0.05, 0.1) is 11.4 Å². The molecule has 0 aliphatic carbocycles. The van der Waals surface area contributed by atoms with Crippen LogP contribution in [0.5, 0.6) is 0 Å². The molecule has 2 heterocycles. The van der Waals surface area contributed by atoms with Gasteiger partial charge in [0.15, 0.2) is 0 Å². The smallest absolute Gasteiger partial charge is 0.267 e. The zero-order valence-electron chi connectivity index (χ0n) is 11.3. The van der Waals surface area contributed by atoms with E-state index in [0.717, 1.165) is 6.42 Å². The van der Waals surface area contributed by atoms with Crippen LogP contribution in [0, 0.1) is 6.92 Å². The highest BCUT2D eigenvalue weighted by Gasteiger charge is 2.20. The second-order valence-corrected chi connectivity index (χ2v) is 5.89. The van der Waals surface area contributed by atoms with Gasteiger partial charge >= 0.3 is 0 Å². The van der Waals surface area contributed by atoms with Crippen LogP contribution in [0.4, 0.5) is 11.6 Å². The van der Waals surface area contributed by atoms with E-state index < -0.39 is 10.0 Å². The maximum absolute atomic E-state index is 12.3. The van der Waals surface area contributed by atoms with Crippen molar-refractivity contribution in [3.8, 4) is 0 Å². The number of nitrogens with one attached hydrogen (secondary N) is 2. The molecular weight excluding hydrogens is 280 g/mol. The molecule has 0 aliphatic heterocycles. The predicted octanol–water partition coefficient (Wildman–Crippen LogP) is 2.00. The lowest BCUT2D eigenvalue weighted by Gasteiger charge is -2.11. The number of aryl methyl sites for hydroxylation is 1. The minimum Gasteiger partial charge on any atom is -0.384 e. The monoisotopic (exact) mass is 296 g/mol. The van der Waals surface area contributed by atoms with Gasteiger partial charge in [0.2, 0.25) is 5.88 Å². The zero-order chi connectivity index (χ0) is 14.6. The van der Waals surface area contributed by atoms with Crippen LogP contribution in [0.15, 0.2) is 33.9 Å². The normalized spacial score (nSPS) is 11.3. The molecule has 2 aromatic rings. The van der Waals surface area contributed by atoms with Gasteiger partial charge in [0.25, 0.3) is 10.0 Å². The molecule has 2 N–H and O–H groups in total. The van der Waals surface area contributed by atoms with Crippen molar-refractivity contribution in [2.24, 2.45) is 0 Å². The second-order valence-electron chi connectivity index (χ2n) is 4.24. The average molecular weight is 296 g/mol. The van der Waals surface area contributed by atoms with E-state index >= 15 is 0 Å². The number of rotatable bonds is 6. The standard InChI is InChI=1S/C12H16N4O3S/c1-3-5-14-10-4-6-13-8-11(10)20(17,18)16-12-7-9(2)15-19-12/h4,6-8,16H,3,5H2,1-2H3,(H,13,14). The van der Waals surface area contributed by atoms with Gasteiger partial charge in [-0.3, -0.25) is 4.98 Å². The molecule has 8 heteroatoms. The summed E-state index contributed by atoms with van der Waals surface area (Å²) in [5, 5.41) is 6.69. The fraction of sp³-hybridized carbons (Fsp3) is 0.333. The summed E-state index contributed by atoms with van der Waals surface area (Å²) in [4.78, 5) is 3.93. The molecule has 0 spiro atoms. The Labute approximate surface area is 117 Å². The quantitative estimate of drug-likeness (QED) is 0.846. The summed E-state index contributed by atoms with van der Waals surface area (Å²) >= 11 is 0. The Morgan fingerprint density at radius 3 is 2.85 bits per heavy atom. The van der Waals surface area contributed by atoms with E-state index in [2.05, 4.69) is 20.2 Å². The number of hydrogen-bond acceptors (Lipinski definition) is 6. The first-order valence-corrected chi connectivity index (χ1v) is 7.65. The van der Waals surface area contributed by atoms with Gasteiger partial charge in [-0.1, -0.05) is 12.1 Å². The molecule has 0 atom stereocenters. The fourth-order valence-electron chi connectivity index (χ4n) is 1.60. The van der Waals surface area contributed by atoms with Crippen molar-refractivity contribution in [3.63, 3.8) is 0 Å². The third-order valence-corrected chi connectivity index (χ3v) is 3.88. The van der Waals surface area contributed by atoms with E-state index in [-0.39, 0.29) is 10.8 Å². The minimum atomic E-state index is -3.77. The summed E-state index contributed by atoms with van der Waals surface area (Å²) in [6.07, 6.45) is 3.72. The number of anilines is 2. The lowest BCUT2D eigenvalue weighted by Crippen LogP contribution is -2.15. The Bertz CT molecular complexity index is 682. The van der Waals surface area contributed by atoms with Crippen molar-refractivity contribution in [2.45, 2.75) is 25.2 Å². The van der Waals surface area contributed by atoms with E-state index in [0.29, 0.717) is 17.9 Å². The molecule has 108 valence electrons. The van der Waals surface area contributed by atoms with Gasteiger partial charge in [-0.2, -0.15) is 0 Å². The van der Waals surface area contributed by atoms with Crippen molar-refractivity contribution in [2.75, 3.05) is 16.6 Å². The van der Waals surface area contributed by atoms with Gasteiger partial charge in [-0.05, 0) is 19.4 Å². The highest BCUT2D eigenvalue weighted by Crippen LogP contribution is 2.22. The average Bonchev–Trinajstić information content (AvgIpc) is 2.81. The minimum absolute atomic E-state index is 0.0718. The van der Waals surface area contributed by atoms with Crippen LogP contribution in [-0.2, 0) is 10.0 Å². The molecule has 0 unspecified atom stereocenters. The van der Waals surface area contributed by atoms with Gasteiger partial charge in [-0.15, -0.1) is 0 Å². The Balaban J connectivity index is 2.29. The summed E-state index contributed by atoms with van der Waals surface area (Å²) in [5.41, 5.74) is 1.10. The Morgan fingerprint density at radius 1 is 1.40 bits per heavy atom. The topological polar surface area (TPSA) is 97.1 Å². The highest BCUT2D eigenvalue weighted by atomic mass is 32.2. The summed E-state index contributed by atoms with van der Waals surface area (Å²) in [6.45, 7) is 4.38. The summed E-state index contributed by atoms with van der Waals surface area (Å²) in [6, 6.07) is 3.13. The Kier molecular flexibility index (Phi) is 4.23. The number of pyridine rings is 1. The van der Waals surface area contributed by atoms with Crippen LogP contribution in [0.1, 0.15) is 19.0 Å². The highest BCUT2D eigenvalue weighted by molar-refractivity contribution is 7.92. The maximum atomic E-state index is 12.3. The van der Waals surface area contributed by atoms with E-state index in [1.165, 1.54) is 18.5 Å².